The summed E-state index contributed by atoms with van der Waals surface area (Å²) in [7, 11) is -1.54. The number of rotatable bonds is 17. The molecule has 0 aromatic heterocycles. The predicted molar refractivity (Wildman–Crippen MR) is 227 cm³/mol. The Kier molecular flexibility index (Phi) is 18.8. The molecule has 16 nitrogen and oxygen atoms in total. The van der Waals surface area contributed by atoms with E-state index in [1.165, 1.54) is 19.1 Å². The van der Waals surface area contributed by atoms with Crippen molar-refractivity contribution in [3.63, 3.8) is 0 Å². The van der Waals surface area contributed by atoms with Gasteiger partial charge in [-0.15, -0.1) is 11.5 Å². The molecule has 7 N–H and O–H groups in total. The van der Waals surface area contributed by atoms with Crippen molar-refractivity contribution in [2.75, 3.05) is 13.2 Å². The molecule has 0 radical (unpaired) electrons. The van der Waals surface area contributed by atoms with Gasteiger partial charge in [-0.3, -0.25) is 4.79 Å². The largest absolute Gasteiger partial charge is 0.479 e. The smallest absolute Gasteiger partial charge is 0.338 e. The summed E-state index contributed by atoms with van der Waals surface area (Å²) in [5.41, 5.74) is 3.47. The van der Waals surface area contributed by atoms with E-state index in [2.05, 4.69) is 36.4 Å². The van der Waals surface area contributed by atoms with Crippen molar-refractivity contribution >= 4 is 25.9 Å². The predicted octanol–water partition coefficient (Wildman–Crippen LogP) is 2.91. The second-order valence-electron chi connectivity index (χ2n) is 18.4. The molecule has 17 heteroatoms. The van der Waals surface area contributed by atoms with Crippen LogP contribution in [-0.4, -0.2) is 149 Å². The van der Waals surface area contributed by atoms with Gasteiger partial charge in [-0.05, 0) is 56.6 Å². The molecule has 2 aliphatic carbocycles. The number of aliphatic carboxylic acids is 1. The van der Waals surface area contributed by atoms with Crippen molar-refractivity contribution in [3.05, 3.63) is 35.9 Å². The van der Waals surface area contributed by atoms with Crippen molar-refractivity contribution in [2.24, 2.45) is 17.8 Å². The van der Waals surface area contributed by atoms with Gasteiger partial charge in [0.05, 0.1) is 30.5 Å². The van der Waals surface area contributed by atoms with E-state index in [0.29, 0.717) is 32.2 Å². The molecule has 62 heavy (non-hydrogen) atoms. The molecule has 2 saturated heterocycles. The molecule has 5 rings (SSSR count). The van der Waals surface area contributed by atoms with Crippen molar-refractivity contribution in [3.8, 4) is 11.5 Å². The molecular formula is C45H69NO15Si. The van der Waals surface area contributed by atoms with E-state index in [1.807, 2.05) is 6.92 Å². The third kappa shape index (κ3) is 13.5. The maximum Gasteiger partial charge on any atom is 0.338 e. The van der Waals surface area contributed by atoms with Crippen LogP contribution in [0.2, 0.25) is 19.6 Å². The molecule has 10 unspecified atom stereocenters. The molecule has 2 aliphatic heterocycles. The SMILES string of the molecule is CCC1CC(C(=O)NCCCC#C[Si](C)(C)C)C[C@@H](OC2OC(CO)[C@H](O)C(O[C@@H](CC3CCCCC3)C(=O)O)C2OC(=O)c2ccccc2)C1O[C@@H]1OC(C)[C@@H](O)C(O)C1O. The van der Waals surface area contributed by atoms with Gasteiger partial charge in [0.25, 0.3) is 0 Å². The highest BCUT2D eigenvalue weighted by Gasteiger charge is 2.54. The fourth-order valence-corrected chi connectivity index (χ4v) is 9.56. The number of aliphatic hydroxyl groups excluding tert-OH is 5. The number of ether oxygens (including phenoxy) is 6. The third-order valence-electron chi connectivity index (χ3n) is 12.4. The quantitative estimate of drug-likeness (QED) is 0.0515. The van der Waals surface area contributed by atoms with E-state index >= 15 is 0 Å². The highest BCUT2D eigenvalue weighted by atomic mass is 28.3. The Balaban J connectivity index is 1.47. The van der Waals surface area contributed by atoms with Gasteiger partial charge < -0.3 is 64.4 Å². The second-order valence-corrected chi connectivity index (χ2v) is 23.1. The minimum absolute atomic E-state index is 0.0302. The number of carbonyl (C=O) groups is 3. The Labute approximate surface area is 366 Å². The first-order valence-corrected chi connectivity index (χ1v) is 25.9. The number of unbranched alkanes of at least 4 members (excludes halogenated alkanes) is 1. The van der Waals surface area contributed by atoms with Gasteiger partial charge in [0.2, 0.25) is 5.91 Å². The van der Waals surface area contributed by atoms with Crippen LogP contribution in [0.25, 0.3) is 0 Å². The molecular weight excluding hydrogens is 823 g/mol. The molecule has 4 fully saturated rings. The molecule has 0 bridgehead atoms. The van der Waals surface area contributed by atoms with Crippen LogP contribution >= 0.6 is 0 Å². The standard InChI is InChI=1S/C45H69NO15Si/c1-6-28-23-30(41(52)46-20-14-9-15-21-62(3,4)5)24-31(38(28)61-44-37(51)36(50)34(48)26(2)56-44)58-45-40(60-43(55)29-18-12-8-13-19-29)39(35(49)33(25-47)59-45)57-32(42(53)54)22-27-16-10-7-11-17-27/h8,12-13,18-19,26-28,30-40,44-45,47-51H,6-7,9-11,14,16-17,20,22-25H2,1-5H3,(H,46,52)(H,53,54)/t26?,28?,30?,31-,32+,33?,34-,35+,36?,37?,38?,39?,40?,44+,45?/m1/s1. The lowest BCUT2D eigenvalue weighted by atomic mass is 9.75. The van der Waals surface area contributed by atoms with Gasteiger partial charge in [0.15, 0.2) is 24.8 Å². The molecule has 2 heterocycles. The number of nitrogens with one attached hydrogen (secondary N) is 1. The monoisotopic (exact) mass is 891 g/mol. The van der Waals surface area contributed by atoms with E-state index in [4.69, 9.17) is 28.4 Å². The molecule has 348 valence electrons. The fraction of sp³-hybridized carbons (Fsp3) is 0.756. The lowest BCUT2D eigenvalue weighted by Crippen LogP contribution is -2.64. The molecule has 1 amide bonds. The molecule has 1 aromatic carbocycles. The van der Waals surface area contributed by atoms with Gasteiger partial charge in [0, 0.05) is 18.9 Å². The van der Waals surface area contributed by atoms with Gasteiger partial charge in [-0.25, -0.2) is 9.59 Å². The summed E-state index contributed by atoms with van der Waals surface area (Å²) in [6.07, 6.45) is -11.4. The lowest BCUT2D eigenvalue weighted by Gasteiger charge is -2.48. The Hall–Kier alpha value is -2.99. The Bertz CT molecular complexity index is 1650. The van der Waals surface area contributed by atoms with Crippen LogP contribution < -0.4 is 5.32 Å². The van der Waals surface area contributed by atoms with E-state index in [1.54, 1.807) is 18.2 Å². The molecule has 2 saturated carbocycles. The minimum atomic E-state index is -1.67. The topological polar surface area (TPSA) is 240 Å². The first-order valence-electron chi connectivity index (χ1n) is 22.4. The normalized spacial score (nSPS) is 34.9. The molecule has 4 aliphatic rings. The van der Waals surface area contributed by atoms with Crippen molar-refractivity contribution < 1.29 is 73.4 Å². The number of hydrogen-bond donors (Lipinski definition) is 7. The summed E-state index contributed by atoms with van der Waals surface area (Å²) in [6.45, 7) is 9.57. The first kappa shape index (κ1) is 50.0. The van der Waals surface area contributed by atoms with E-state index in [-0.39, 0.29) is 30.2 Å². The molecule has 1 aromatic rings. The van der Waals surface area contributed by atoms with Gasteiger partial charge in [0.1, 0.15) is 44.7 Å². The zero-order chi connectivity index (χ0) is 45.1. The zero-order valence-corrected chi connectivity index (χ0v) is 37.7. The third-order valence-corrected chi connectivity index (χ3v) is 13.3. The average Bonchev–Trinajstić information content (AvgIpc) is 3.25. The van der Waals surface area contributed by atoms with Gasteiger partial charge in [-0.2, -0.15) is 0 Å². The van der Waals surface area contributed by atoms with Crippen molar-refractivity contribution in [2.45, 2.75) is 184 Å². The summed E-state index contributed by atoms with van der Waals surface area (Å²) in [4.78, 5) is 40.4. The summed E-state index contributed by atoms with van der Waals surface area (Å²) in [5, 5.41) is 67.7. The Morgan fingerprint density at radius 3 is 2.24 bits per heavy atom. The fourth-order valence-electron chi connectivity index (χ4n) is 8.90. The summed E-state index contributed by atoms with van der Waals surface area (Å²) in [6, 6.07) is 8.03. The number of esters is 1. The second kappa shape index (κ2) is 23.3. The number of carboxylic acids is 1. The summed E-state index contributed by atoms with van der Waals surface area (Å²) in [5.74, 6) is -0.0972. The summed E-state index contributed by atoms with van der Waals surface area (Å²) >= 11 is 0. The Morgan fingerprint density at radius 2 is 1.60 bits per heavy atom. The van der Waals surface area contributed by atoms with Crippen LogP contribution in [0.15, 0.2) is 30.3 Å². The van der Waals surface area contributed by atoms with Crippen LogP contribution in [0.4, 0.5) is 0 Å². The maximum atomic E-state index is 13.9. The number of benzene rings is 1. The highest BCUT2D eigenvalue weighted by Crippen LogP contribution is 2.40. The van der Waals surface area contributed by atoms with E-state index in [9.17, 15) is 45.0 Å². The van der Waals surface area contributed by atoms with E-state index < -0.39 is 118 Å². The van der Waals surface area contributed by atoms with Crippen LogP contribution in [0.1, 0.15) is 94.8 Å². The van der Waals surface area contributed by atoms with Crippen LogP contribution in [-0.2, 0) is 38.0 Å². The molecule has 0 spiro atoms. The summed E-state index contributed by atoms with van der Waals surface area (Å²) < 4.78 is 37.5. The highest BCUT2D eigenvalue weighted by molar-refractivity contribution is 6.83. The average molecular weight is 892 g/mol. The van der Waals surface area contributed by atoms with Gasteiger partial charge in [-0.1, -0.05) is 83.3 Å². The van der Waals surface area contributed by atoms with Crippen LogP contribution in [0.5, 0.6) is 0 Å². The zero-order valence-electron chi connectivity index (χ0n) is 36.7. The molecule has 15 atom stereocenters. The van der Waals surface area contributed by atoms with Crippen molar-refractivity contribution in [1.29, 1.82) is 0 Å². The van der Waals surface area contributed by atoms with Crippen LogP contribution in [0.3, 0.4) is 0 Å². The Morgan fingerprint density at radius 1 is 0.887 bits per heavy atom. The first-order chi connectivity index (χ1) is 29.5. The number of carboxylic acid groups (broad SMARTS) is 1. The number of hydrogen-bond acceptors (Lipinski definition) is 14. The lowest BCUT2D eigenvalue weighted by molar-refractivity contribution is -0.349. The van der Waals surface area contributed by atoms with Crippen LogP contribution in [0, 0.1) is 29.2 Å². The van der Waals surface area contributed by atoms with Gasteiger partial charge >= 0.3 is 11.9 Å². The number of carbonyl (C=O) groups excluding carboxylic acids is 2. The van der Waals surface area contributed by atoms with Crippen molar-refractivity contribution in [1.82, 2.24) is 5.32 Å². The minimum Gasteiger partial charge on any atom is -0.479 e. The number of amides is 1. The maximum absolute atomic E-state index is 13.9. The van der Waals surface area contributed by atoms with E-state index in [0.717, 1.165) is 32.1 Å². The number of aliphatic hydroxyl groups is 5.